The quantitative estimate of drug-likeness (QED) is 0.510. The number of hydrogen-bond acceptors (Lipinski definition) is 4. The topological polar surface area (TPSA) is 58.4 Å². The summed E-state index contributed by atoms with van der Waals surface area (Å²) in [6.45, 7) is 3.92. The molecule has 0 radical (unpaired) electrons. The van der Waals surface area contributed by atoms with Crippen LogP contribution in [0, 0.1) is 5.92 Å². The molecule has 0 saturated heterocycles. The van der Waals surface area contributed by atoms with E-state index < -0.39 is 0 Å². The molecule has 0 fully saturated rings. The fourth-order valence-electron chi connectivity index (χ4n) is 1.70. The Morgan fingerprint density at radius 3 is 2.50 bits per heavy atom. The van der Waals surface area contributed by atoms with Gasteiger partial charge in [0.1, 0.15) is 5.71 Å². The molecule has 0 aromatic carbocycles. The molecular weight excluding hydrogens is 226 g/mol. The van der Waals surface area contributed by atoms with E-state index in [0.29, 0.717) is 11.4 Å². The Labute approximate surface area is 106 Å². The minimum Gasteiger partial charge on any atom is -0.411 e. The Morgan fingerprint density at radius 2 is 1.89 bits per heavy atom. The maximum atomic E-state index is 9.04. The average molecular weight is 241 g/mol. The first-order valence-corrected chi connectivity index (χ1v) is 5.83. The maximum Gasteiger partial charge on any atom is 0.108 e. The molecule has 0 aliphatic rings. The van der Waals surface area contributed by atoms with Gasteiger partial charge in [0, 0.05) is 12.1 Å². The summed E-state index contributed by atoms with van der Waals surface area (Å²) in [5.41, 5.74) is 2.83. The first-order valence-electron chi connectivity index (χ1n) is 5.83. The molecule has 2 heterocycles. The summed E-state index contributed by atoms with van der Waals surface area (Å²) in [4.78, 5) is 8.74. The van der Waals surface area contributed by atoms with Crippen LogP contribution in [0.2, 0.25) is 0 Å². The highest BCUT2D eigenvalue weighted by Gasteiger charge is 2.11. The van der Waals surface area contributed by atoms with Crippen molar-refractivity contribution in [3.8, 4) is 11.4 Å². The maximum absolute atomic E-state index is 9.04. The summed E-state index contributed by atoms with van der Waals surface area (Å²) in [6, 6.07) is 11.3. The van der Waals surface area contributed by atoms with E-state index in [4.69, 9.17) is 5.21 Å². The predicted octanol–water partition coefficient (Wildman–Crippen LogP) is 2.98. The van der Waals surface area contributed by atoms with Crippen molar-refractivity contribution in [2.75, 3.05) is 0 Å². The van der Waals surface area contributed by atoms with Crippen LogP contribution in [0.1, 0.15) is 19.5 Å². The van der Waals surface area contributed by atoms with Gasteiger partial charge in [-0.15, -0.1) is 0 Å². The van der Waals surface area contributed by atoms with Crippen LogP contribution in [0.3, 0.4) is 0 Å². The van der Waals surface area contributed by atoms with Crippen molar-refractivity contribution in [3.63, 3.8) is 0 Å². The SMILES string of the molecule is CC(C)/C(=N/O)c1cccc(-c2ccccn2)n1. The Hall–Kier alpha value is -2.23. The monoisotopic (exact) mass is 241 g/mol. The molecule has 2 aromatic rings. The van der Waals surface area contributed by atoms with E-state index in [9.17, 15) is 0 Å². The van der Waals surface area contributed by atoms with Gasteiger partial charge in [-0.3, -0.25) is 4.98 Å². The fraction of sp³-hybridized carbons (Fsp3) is 0.214. The highest BCUT2D eigenvalue weighted by Crippen LogP contribution is 2.15. The molecule has 0 spiro atoms. The van der Waals surface area contributed by atoms with E-state index >= 15 is 0 Å². The van der Waals surface area contributed by atoms with Crippen molar-refractivity contribution >= 4 is 5.71 Å². The number of nitrogens with zero attached hydrogens (tertiary/aromatic N) is 3. The van der Waals surface area contributed by atoms with Gasteiger partial charge in [0.15, 0.2) is 0 Å². The first kappa shape index (κ1) is 12.2. The molecule has 2 aromatic heterocycles. The van der Waals surface area contributed by atoms with Gasteiger partial charge in [-0.25, -0.2) is 4.98 Å². The fourth-order valence-corrected chi connectivity index (χ4v) is 1.70. The standard InChI is InChI=1S/C14H15N3O/c1-10(2)14(17-18)13-8-5-7-12(16-13)11-6-3-4-9-15-11/h3-10,18H,1-2H3/b17-14-. The lowest BCUT2D eigenvalue weighted by Gasteiger charge is -2.08. The number of rotatable bonds is 3. The Bertz CT molecular complexity index is 550. The van der Waals surface area contributed by atoms with E-state index in [1.807, 2.05) is 50.2 Å². The molecule has 92 valence electrons. The van der Waals surface area contributed by atoms with Crippen LogP contribution in [-0.4, -0.2) is 20.9 Å². The number of hydrogen-bond donors (Lipinski definition) is 1. The van der Waals surface area contributed by atoms with Crippen molar-refractivity contribution in [2.24, 2.45) is 11.1 Å². The van der Waals surface area contributed by atoms with E-state index in [-0.39, 0.29) is 5.92 Å². The zero-order chi connectivity index (χ0) is 13.0. The Morgan fingerprint density at radius 1 is 1.11 bits per heavy atom. The molecule has 2 rings (SSSR count). The molecule has 4 nitrogen and oxygen atoms in total. The minimum atomic E-state index is 0.112. The van der Waals surface area contributed by atoms with E-state index in [1.165, 1.54) is 0 Å². The summed E-state index contributed by atoms with van der Waals surface area (Å²) < 4.78 is 0. The minimum absolute atomic E-state index is 0.112. The van der Waals surface area contributed by atoms with E-state index in [0.717, 1.165) is 11.4 Å². The van der Waals surface area contributed by atoms with Crippen molar-refractivity contribution in [1.82, 2.24) is 9.97 Å². The van der Waals surface area contributed by atoms with E-state index in [2.05, 4.69) is 15.1 Å². The van der Waals surface area contributed by atoms with E-state index in [1.54, 1.807) is 6.20 Å². The predicted molar refractivity (Wildman–Crippen MR) is 70.6 cm³/mol. The van der Waals surface area contributed by atoms with Crippen LogP contribution < -0.4 is 0 Å². The molecule has 0 saturated carbocycles. The van der Waals surface area contributed by atoms with Gasteiger partial charge in [-0.05, 0) is 24.3 Å². The smallest absolute Gasteiger partial charge is 0.108 e. The second-order valence-corrected chi connectivity index (χ2v) is 4.26. The number of pyridine rings is 2. The largest absolute Gasteiger partial charge is 0.411 e. The van der Waals surface area contributed by atoms with Crippen LogP contribution in [0.4, 0.5) is 0 Å². The van der Waals surface area contributed by atoms with Gasteiger partial charge in [0.05, 0.1) is 17.1 Å². The third-order valence-electron chi connectivity index (χ3n) is 2.59. The highest BCUT2D eigenvalue weighted by molar-refractivity contribution is 6.00. The summed E-state index contributed by atoms with van der Waals surface area (Å²) in [6.07, 6.45) is 1.73. The Kier molecular flexibility index (Phi) is 3.67. The van der Waals surface area contributed by atoms with Gasteiger partial charge in [-0.2, -0.15) is 0 Å². The van der Waals surface area contributed by atoms with Crippen LogP contribution in [0.15, 0.2) is 47.8 Å². The molecule has 0 aliphatic carbocycles. The lowest BCUT2D eigenvalue weighted by atomic mass is 10.0. The lowest BCUT2D eigenvalue weighted by molar-refractivity contribution is 0.316. The highest BCUT2D eigenvalue weighted by atomic mass is 16.4. The average Bonchev–Trinajstić information content (AvgIpc) is 2.40. The van der Waals surface area contributed by atoms with Crippen molar-refractivity contribution in [3.05, 3.63) is 48.3 Å². The normalized spacial score (nSPS) is 11.8. The number of oxime groups is 1. The van der Waals surface area contributed by atoms with Crippen LogP contribution in [-0.2, 0) is 0 Å². The van der Waals surface area contributed by atoms with Gasteiger partial charge < -0.3 is 5.21 Å². The molecule has 0 amide bonds. The number of aromatic nitrogens is 2. The third kappa shape index (κ3) is 2.53. The zero-order valence-electron chi connectivity index (χ0n) is 10.4. The van der Waals surface area contributed by atoms with Crippen molar-refractivity contribution < 1.29 is 5.21 Å². The summed E-state index contributed by atoms with van der Waals surface area (Å²) in [7, 11) is 0. The van der Waals surface area contributed by atoms with Gasteiger partial charge >= 0.3 is 0 Å². The van der Waals surface area contributed by atoms with Crippen molar-refractivity contribution in [2.45, 2.75) is 13.8 Å². The Balaban J connectivity index is 2.43. The lowest BCUT2D eigenvalue weighted by Crippen LogP contribution is -2.11. The second kappa shape index (κ2) is 5.40. The summed E-state index contributed by atoms with van der Waals surface area (Å²) in [5, 5.41) is 12.4. The summed E-state index contributed by atoms with van der Waals surface area (Å²) in [5.74, 6) is 0.112. The molecule has 18 heavy (non-hydrogen) atoms. The van der Waals surface area contributed by atoms with Crippen molar-refractivity contribution in [1.29, 1.82) is 0 Å². The zero-order valence-corrected chi connectivity index (χ0v) is 10.4. The molecule has 1 N–H and O–H groups in total. The first-order chi connectivity index (χ1) is 8.72. The molecule has 0 aliphatic heterocycles. The van der Waals surface area contributed by atoms with Crippen LogP contribution in [0.5, 0.6) is 0 Å². The second-order valence-electron chi connectivity index (χ2n) is 4.26. The summed E-state index contributed by atoms with van der Waals surface area (Å²) >= 11 is 0. The molecule has 0 bridgehead atoms. The van der Waals surface area contributed by atoms with Gasteiger partial charge in [0.25, 0.3) is 0 Å². The molecule has 0 atom stereocenters. The molecule has 4 heteroatoms. The van der Waals surface area contributed by atoms with Gasteiger partial charge in [-0.1, -0.05) is 31.1 Å². The third-order valence-corrected chi connectivity index (χ3v) is 2.59. The van der Waals surface area contributed by atoms with Crippen LogP contribution in [0.25, 0.3) is 11.4 Å². The molecule has 0 unspecified atom stereocenters. The molecular formula is C14H15N3O. The van der Waals surface area contributed by atoms with Crippen LogP contribution >= 0.6 is 0 Å². The van der Waals surface area contributed by atoms with Gasteiger partial charge in [0.2, 0.25) is 0 Å².